The first kappa shape index (κ1) is 24.5. The van der Waals surface area contributed by atoms with Crippen molar-refractivity contribution in [1.82, 2.24) is 14.8 Å². The fourth-order valence-electron chi connectivity index (χ4n) is 2.96. The van der Waals surface area contributed by atoms with Crippen molar-refractivity contribution in [2.45, 2.75) is 37.9 Å². The molecule has 1 aliphatic heterocycles. The number of amides is 1. The zero-order valence-electron chi connectivity index (χ0n) is 15.0. The molecule has 1 aromatic heterocycles. The Hall–Kier alpha value is -0.530. The van der Waals surface area contributed by atoms with Crippen LogP contribution in [0.5, 0.6) is 0 Å². The minimum atomic E-state index is -0.399. The summed E-state index contributed by atoms with van der Waals surface area (Å²) in [6, 6.07) is 3.84. The molecule has 8 heteroatoms. The highest BCUT2D eigenvalue weighted by molar-refractivity contribution is 7.98. The Morgan fingerprint density at radius 1 is 1.36 bits per heavy atom. The van der Waals surface area contributed by atoms with Gasteiger partial charge in [0.05, 0.1) is 6.04 Å². The fourth-order valence-corrected chi connectivity index (χ4v) is 3.45. The highest BCUT2D eigenvalue weighted by Gasteiger charge is 2.29. The maximum Gasteiger partial charge on any atom is 0.240 e. The van der Waals surface area contributed by atoms with Crippen LogP contribution in [0.25, 0.3) is 0 Å². The third kappa shape index (κ3) is 7.71. The second-order valence-electron chi connectivity index (χ2n) is 6.24. The van der Waals surface area contributed by atoms with Gasteiger partial charge in [0, 0.05) is 25.0 Å². The zero-order chi connectivity index (χ0) is 16.7. The number of thioether (sulfide) groups is 1. The van der Waals surface area contributed by atoms with E-state index in [1.165, 1.54) is 0 Å². The summed E-state index contributed by atoms with van der Waals surface area (Å²) < 4.78 is 0. The van der Waals surface area contributed by atoms with Crippen molar-refractivity contribution in [2.24, 2.45) is 5.73 Å². The van der Waals surface area contributed by atoms with Crippen LogP contribution in [-0.4, -0.2) is 64.9 Å². The predicted molar refractivity (Wildman–Crippen MR) is 111 cm³/mol. The van der Waals surface area contributed by atoms with Crippen LogP contribution < -0.4 is 5.73 Å². The van der Waals surface area contributed by atoms with Crippen molar-refractivity contribution in [3.8, 4) is 0 Å². The zero-order valence-corrected chi connectivity index (χ0v) is 17.4. The highest BCUT2D eigenvalue weighted by Crippen LogP contribution is 2.20. The van der Waals surface area contributed by atoms with Crippen molar-refractivity contribution in [3.63, 3.8) is 0 Å². The van der Waals surface area contributed by atoms with Gasteiger partial charge in [0.1, 0.15) is 0 Å². The van der Waals surface area contributed by atoms with Gasteiger partial charge in [0.2, 0.25) is 5.91 Å². The van der Waals surface area contributed by atoms with Crippen LogP contribution in [0.1, 0.15) is 24.8 Å². The van der Waals surface area contributed by atoms with Crippen LogP contribution in [0.2, 0.25) is 0 Å². The number of nitrogens with zero attached hydrogens (tertiary/aromatic N) is 3. The molecular formula is C17H30Cl2N4OS. The van der Waals surface area contributed by atoms with Crippen molar-refractivity contribution in [3.05, 3.63) is 30.1 Å². The van der Waals surface area contributed by atoms with E-state index in [-0.39, 0.29) is 36.8 Å². The molecule has 2 heterocycles. The molecule has 1 saturated heterocycles. The van der Waals surface area contributed by atoms with Crippen LogP contribution in [0.3, 0.4) is 0 Å². The van der Waals surface area contributed by atoms with E-state index in [1.807, 2.05) is 23.3 Å². The van der Waals surface area contributed by atoms with Gasteiger partial charge < -0.3 is 15.5 Å². The van der Waals surface area contributed by atoms with Crippen LogP contribution in [-0.2, 0) is 11.3 Å². The van der Waals surface area contributed by atoms with Crippen LogP contribution in [0.15, 0.2) is 24.5 Å². The van der Waals surface area contributed by atoms with E-state index in [2.05, 4.69) is 16.9 Å². The van der Waals surface area contributed by atoms with E-state index in [9.17, 15) is 4.79 Å². The first-order valence-corrected chi connectivity index (χ1v) is 9.63. The molecule has 0 unspecified atom stereocenters. The molecule has 1 aromatic rings. The molecule has 1 amide bonds. The maximum atomic E-state index is 12.9. The van der Waals surface area contributed by atoms with Gasteiger partial charge in [-0.05, 0) is 69.1 Å². The Labute approximate surface area is 167 Å². The molecule has 25 heavy (non-hydrogen) atoms. The number of aromatic nitrogens is 1. The summed E-state index contributed by atoms with van der Waals surface area (Å²) in [5.74, 6) is 1.01. The number of carbonyl (C=O) groups excluding carboxylic acids is 1. The molecule has 2 rings (SSSR count). The summed E-state index contributed by atoms with van der Waals surface area (Å²) in [5.41, 5.74) is 7.28. The van der Waals surface area contributed by atoms with Gasteiger partial charge in [-0.1, -0.05) is 0 Å². The number of hydrogen-bond donors (Lipinski definition) is 1. The summed E-state index contributed by atoms with van der Waals surface area (Å²) in [6.07, 6.45) is 8.37. The van der Waals surface area contributed by atoms with Crippen molar-refractivity contribution < 1.29 is 4.79 Å². The van der Waals surface area contributed by atoms with E-state index in [0.717, 1.165) is 43.7 Å². The molecule has 1 fully saturated rings. The molecule has 0 aliphatic carbocycles. The summed E-state index contributed by atoms with van der Waals surface area (Å²) in [4.78, 5) is 21.3. The normalized spacial score (nSPS) is 16.4. The quantitative estimate of drug-likeness (QED) is 0.750. The van der Waals surface area contributed by atoms with Gasteiger partial charge in [-0.2, -0.15) is 11.8 Å². The van der Waals surface area contributed by atoms with Gasteiger partial charge in [-0.15, -0.1) is 24.8 Å². The molecule has 5 nitrogen and oxygen atoms in total. The first-order chi connectivity index (χ1) is 11.1. The molecular weight excluding hydrogens is 379 g/mol. The standard InChI is InChI=1S/C17H28N4OS.2ClH/c1-20-10-5-15(6-11-20)21(13-14-3-8-19-9-4-14)17(22)16(18)7-12-23-2;;/h3-4,8-9,15-16H,5-7,10-13,18H2,1-2H3;2*1H/t16-;;/m0../s1. The second kappa shape index (κ2) is 12.8. The number of rotatable bonds is 7. The summed E-state index contributed by atoms with van der Waals surface area (Å²) in [7, 11) is 2.13. The minimum Gasteiger partial charge on any atom is -0.334 e. The summed E-state index contributed by atoms with van der Waals surface area (Å²) in [5, 5.41) is 0. The van der Waals surface area contributed by atoms with E-state index in [4.69, 9.17) is 5.73 Å². The SMILES string of the molecule is CSCC[C@H](N)C(=O)N(Cc1ccncc1)C1CCN(C)CC1.Cl.Cl. The van der Waals surface area contributed by atoms with E-state index >= 15 is 0 Å². The minimum absolute atomic E-state index is 0. The summed E-state index contributed by atoms with van der Waals surface area (Å²) >= 11 is 1.73. The Morgan fingerprint density at radius 2 is 1.96 bits per heavy atom. The lowest BCUT2D eigenvalue weighted by Crippen LogP contribution is -2.51. The van der Waals surface area contributed by atoms with Crippen molar-refractivity contribution in [2.75, 3.05) is 32.1 Å². The van der Waals surface area contributed by atoms with Crippen molar-refractivity contribution >= 4 is 42.5 Å². The number of nitrogens with two attached hydrogens (primary N) is 1. The molecule has 1 aliphatic rings. The number of pyridine rings is 1. The maximum absolute atomic E-state index is 12.9. The highest BCUT2D eigenvalue weighted by atomic mass is 35.5. The molecule has 2 N–H and O–H groups in total. The number of piperidine rings is 1. The van der Waals surface area contributed by atoms with Crippen molar-refractivity contribution in [1.29, 1.82) is 0 Å². The van der Waals surface area contributed by atoms with Crippen LogP contribution in [0.4, 0.5) is 0 Å². The average molecular weight is 409 g/mol. The number of likely N-dealkylation sites (tertiary alicyclic amines) is 1. The average Bonchev–Trinajstić information content (AvgIpc) is 2.59. The fraction of sp³-hybridized carbons (Fsp3) is 0.647. The lowest BCUT2D eigenvalue weighted by Gasteiger charge is -2.38. The van der Waals surface area contributed by atoms with E-state index < -0.39 is 6.04 Å². The summed E-state index contributed by atoms with van der Waals surface area (Å²) in [6.45, 7) is 2.69. The molecule has 0 saturated carbocycles. The topological polar surface area (TPSA) is 62.5 Å². The Kier molecular flexibility index (Phi) is 12.5. The van der Waals surface area contributed by atoms with Crippen LogP contribution in [0, 0.1) is 0 Å². The molecule has 0 radical (unpaired) electrons. The third-order valence-corrected chi connectivity index (χ3v) is 5.11. The van der Waals surface area contributed by atoms with Gasteiger partial charge >= 0.3 is 0 Å². The molecule has 0 bridgehead atoms. The largest absolute Gasteiger partial charge is 0.334 e. The molecule has 1 atom stereocenters. The Bertz CT molecular complexity index is 487. The third-order valence-electron chi connectivity index (χ3n) is 4.46. The Morgan fingerprint density at radius 3 is 2.52 bits per heavy atom. The smallest absolute Gasteiger partial charge is 0.240 e. The number of halogens is 2. The number of carbonyl (C=O) groups is 1. The van der Waals surface area contributed by atoms with Crippen LogP contribution >= 0.6 is 36.6 Å². The molecule has 0 aromatic carbocycles. The van der Waals surface area contributed by atoms with Gasteiger partial charge in [0.25, 0.3) is 0 Å². The first-order valence-electron chi connectivity index (χ1n) is 8.24. The monoisotopic (exact) mass is 408 g/mol. The molecule has 0 spiro atoms. The lowest BCUT2D eigenvalue weighted by molar-refractivity contribution is -0.136. The second-order valence-corrected chi connectivity index (χ2v) is 7.23. The van der Waals surface area contributed by atoms with E-state index in [0.29, 0.717) is 6.54 Å². The van der Waals surface area contributed by atoms with Gasteiger partial charge in [-0.3, -0.25) is 9.78 Å². The van der Waals surface area contributed by atoms with E-state index in [1.54, 1.807) is 24.2 Å². The lowest BCUT2D eigenvalue weighted by atomic mass is 10.0. The van der Waals surface area contributed by atoms with Gasteiger partial charge in [-0.25, -0.2) is 0 Å². The van der Waals surface area contributed by atoms with Gasteiger partial charge in [0.15, 0.2) is 0 Å². The number of hydrogen-bond acceptors (Lipinski definition) is 5. The predicted octanol–water partition coefficient (Wildman–Crippen LogP) is 2.43. The Balaban J connectivity index is 0.00000288. The molecule has 144 valence electrons.